The Bertz CT molecular complexity index is 2440. The molecule has 4 N–H and O–H groups in total. The van der Waals surface area contributed by atoms with E-state index in [1.54, 1.807) is 6.92 Å². The van der Waals surface area contributed by atoms with Crippen molar-refractivity contribution in [3.8, 4) is 23.7 Å². The molecule has 12 heteroatoms. The molecule has 14 fully saturated rings. The van der Waals surface area contributed by atoms with E-state index in [1.807, 2.05) is 34.6 Å². The number of aliphatic hydroxyl groups excluding tert-OH is 3. The van der Waals surface area contributed by atoms with Crippen LogP contribution in [0, 0.1) is 123 Å². The molecule has 12 nitrogen and oxygen atoms in total. The number of carbonyl (C=O) groups excluding carboxylic acids is 4. The Morgan fingerprint density at radius 3 is 1.55 bits per heavy atom. The summed E-state index contributed by atoms with van der Waals surface area (Å²) in [6.07, 6.45) is 44.1. The van der Waals surface area contributed by atoms with Gasteiger partial charge in [-0.3, -0.25) is 14.4 Å². The van der Waals surface area contributed by atoms with Crippen molar-refractivity contribution in [3.05, 3.63) is 0 Å². The van der Waals surface area contributed by atoms with Crippen LogP contribution < -0.4 is 0 Å². The van der Waals surface area contributed by atoms with Crippen LogP contribution in [0.4, 0.5) is 0 Å². The van der Waals surface area contributed by atoms with Crippen molar-refractivity contribution >= 4 is 23.9 Å². The summed E-state index contributed by atoms with van der Waals surface area (Å²) >= 11 is 0. The lowest BCUT2D eigenvalue weighted by molar-refractivity contribution is -0.199. The molecule has 14 saturated carbocycles. The smallest absolute Gasteiger partial charge is 0.385 e. The highest BCUT2D eigenvalue weighted by molar-refractivity contribution is 5.89. The molecule has 97 heavy (non-hydrogen) atoms. The maximum Gasteiger partial charge on any atom is 0.385 e. The van der Waals surface area contributed by atoms with Crippen LogP contribution >= 0.6 is 0 Å². The van der Waals surface area contributed by atoms with Gasteiger partial charge in [0, 0.05) is 50.7 Å². The monoisotopic (exact) mass is 1370 g/mol. The van der Waals surface area contributed by atoms with Gasteiger partial charge in [-0.15, -0.1) is 0 Å². The molecule has 14 rings (SSSR count). The normalized spacial score (nSPS) is 37.4. The van der Waals surface area contributed by atoms with E-state index in [1.165, 1.54) is 141 Å². The third kappa shape index (κ3) is 29.2. The van der Waals surface area contributed by atoms with Crippen LogP contribution in [0.3, 0.4) is 0 Å². The van der Waals surface area contributed by atoms with Crippen LogP contribution in [-0.2, 0) is 38.1 Å². The standard InChI is InChI=1S/C15H24O2.C12H20O.C11H20O2.C11H12O2.C11H22O.C9H16O2.C9H18O.C7H14O.4H2/c1-3-4-13(16)17-15-8-11-5-12(9-15)7-14(2,6-11)10-15;1-11-3-9-2-10(4-11)6-12(5-9,7-11)8-13;1-3-5-11(12)13-10-7-4-6-9(2)8-10;1-3-4-5-6-11(12)13-10-7-9(2)8-10;1-9-4-3-5-11(8-9)10(2)6-7-12;1-3-9(10)11-8-6-4-5-7(8)2;1-7-5-4-6-8(7)9(2,3)10;1-6-4-7(5-6)2-3-8;;;;/h11-12H,3-10H2,1-2H3;9-10,13H,2-8H2,1H3;9-10H,3-8H2,1-2H3;9-10H,7-8H2,1-2H3;9-12H,3-8H2,1-2H3;7-8H,3-6H2,1-2H3;7-8,10H,4-6H2,1-3H3;6-8H,2-5H2,1H3;4*1H. The number of esters is 4. The summed E-state index contributed by atoms with van der Waals surface area (Å²) in [5.41, 5.74) is 0.920. The van der Waals surface area contributed by atoms with Gasteiger partial charge in [-0.1, -0.05) is 128 Å². The molecule has 566 valence electrons. The minimum absolute atomic E-state index is 0. The highest BCUT2D eigenvalue weighted by Crippen LogP contribution is 2.65. The van der Waals surface area contributed by atoms with E-state index in [-0.39, 0.29) is 47.5 Å². The van der Waals surface area contributed by atoms with Gasteiger partial charge in [-0.25, -0.2) is 4.79 Å². The van der Waals surface area contributed by atoms with Gasteiger partial charge in [0.15, 0.2) is 0 Å². The van der Waals surface area contributed by atoms with Gasteiger partial charge in [0.1, 0.15) is 23.9 Å². The van der Waals surface area contributed by atoms with Crippen molar-refractivity contribution in [2.45, 2.75) is 371 Å². The summed E-state index contributed by atoms with van der Waals surface area (Å²) in [5, 5.41) is 36.6. The van der Waals surface area contributed by atoms with E-state index < -0.39 is 11.6 Å². The molecule has 0 aliphatic heterocycles. The van der Waals surface area contributed by atoms with Crippen LogP contribution in [0.5, 0.6) is 0 Å². The average molecular weight is 1370 g/mol. The highest BCUT2D eigenvalue weighted by atomic mass is 16.6. The van der Waals surface area contributed by atoms with Crippen molar-refractivity contribution in [2.75, 3.05) is 19.8 Å². The molecule has 14 aliphatic rings. The fourth-order valence-electron chi connectivity index (χ4n) is 21.2. The van der Waals surface area contributed by atoms with Gasteiger partial charge in [0.25, 0.3) is 0 Å². The van der Waals surface area contributed by atoms with Gasteiger partial charge in [0.2, 0.25) is 0 Å². The Hall–Kier alpha value is -3.16. The van der Waals surface area contributed by atoms with Crippen molar-refractivity contribution < 1.29 is 64.3 Å². The Morgan fingerprint density at radius 2 is 1.09 bits per heavy atom. The van der Waals surface area contributed by atoms with Gasteiger partial charge >= 0.3 is 23.9 Å². The molecule has 13 unspecified atom stereocenters. The maximum atomic E-state index is 11.8. The number of aliphatic hydroxyl groups is 4. The number of hydrogen-bond donors (Lipinski definition) is 4. The minimum Gasteiger partial charge on any atom is -0.462 e. The predicted octanol–water partition coefficient (Wildman–Crippen LogP) is 20.1. The Morgan fingerprint density at radius 1 is 0.557 bits per heavy atom. The molecule has 13 atom stereocenters. The summed E-state index contributed by atoms with van der Waals surface area (Å²) in [6, 6.07) is 0. The highest BCUT2D eigenvalue weighted by Gasteiger charge is 2.58. The zero-order valence-electron chi connectivity index (χ0n) is 64.7. The first-order valence-corrected chi connectivity index (χ1v) is 40.2. The number of ether oxygens (including phenoxy) is 4. The van der Waals surface area contributed by atoms with E-state index in [4.69, 9.17) is 29.2 Å². The zero-order chi connectivity index (χ0) is 71.6. The largest absolute Gasteiger partial charge is 0.462 e. The lowest BCUT2D eigenvalue weighted by Gasteiger charge is -2.61. The summed E-state index contributed by atoms with van der Waals surface area (Å²) in [6.45, 7) is 33.2. The Labute approximate surface area is 599 Å². The molecule has 0 aromatic rings. The van der Waals surface area contributed by atoms with Crippen molar-refractivity contribution in [2.24, 2.45) is 99.1 Å². The molecule has 0 radical (unpaired) electrons. The Balaban J connectivity index is 0.000000578. The third-order valence-corrected chi connectivity index (χ3v) is 25.0. The van der Waals surface area contributed by atoms with E-state index in [9.17, 15) is 29.4 Å². The third-order valence-electron chi connectivity index (χ3n) is 25.0. The lowest BCUT2D eigenvalue weighted by atomic mass is 9.45. The van der Waals surface area contributed by atoms with Crippen LogP contribution in [-0.4, -0.2) is 93.6 Å². The number of hydrogen-bond acceptors (Lipinski definition) is 12. The molecule has 8 bridgehead atoms. The van der Waals surface area contributed by atoms with Crippen LogP contribution in [0.2, 0.25) is 0 Å². The molecular formula is C85H154O12. The predicted molar refractivity (Wildman–Crippen MR) is 401 cm³/mol. The van der Waals surface area contributed by atoms with Gasteiger partial charge < -0.3 is 39.4 Å². The van der Waals surface area contributed by atoms with Crippen LogP contribution in [0.1, 0.15) is 347 Å². The van der Waals surface area contributed by atoms with Crippen molar-refractivity contribution in [3.63, 3.8) is 0 Å². The second kappa shape index (κ2) is 41.2. The molecule has 0 aromatic heterocycles. The average Bonchev–Trinajstić information content (AvgIpc) is 0.947. The quantitative estimate of drug-likeness (QED) is 0.0497. The lowest BCUT2D eigenvalue weighted by Crippen LogP contribution is -2.56. The molecule has 14 aliphatic carbocycles. The van der Waals surface area contributed by atoms with Gasteiger partial charge in [-0.05, 0) is 311 Å². The molecule has 0 amide bonds. The number of rotatable bonds is 16. The van der Waals surface area contributed by atoms with Crippen molar-refractivity contribution in [1.29, 1.82) is 0 Å². The molecule has 0 saturated heterocycles. The molecule has 0 heterocycles. The van der Waals surface area contributed by atoms with E-state index in [0.29, 0.717) is 73.1 Å². The van der Waals surface area contributed by atoms with Crippen LogP contribution in [0.15, 0.2) is 0 Å². The molecule has 0 aromatic carbocycles. The van der Waals surface area contributed by atoms with Gasteiger partial charge in [-0.2, -0.15) is 0 Å². The zero-order valence-corrected chi connectivity index (χ0v) is 64.7. The summed E-state index contributed by atoms with van der Waals surface area (Å²) in [5.74, 6) is 20.5. The van der Waals surface area contributed by atoms with E-state index in [2.05, 4.69) is 86.0 Å². The maximum absolute atomic E-state index is 11.8. The second-order valence-electron chi connectivity index (χ2n) is 35.9. The first kappa shape index (κ1) is 84.5. The summed E-state index contributed by atoms with van der Waals surface area (Å²) < 4.78 is 21.5. The first-order valence-electron chi connectivity index (χ1n) is 40.2. The summed E-state index contributed by atoms with van der Waals surface area (Å²) in [7, 11) is 0. The minimum atomic E-state index is -0.459. The molecule has 0 spiro atoms. The van der Waals surface area contributed by atoms with E-state index in [0.717, 1.165) is 142 Å². The number of carbonyl (C=O) groups is 4. The topological polar surface area (TPSA) is 186 Å². The second-order valence-corrected chi connectivity index (χ2v) is 35.9. The van der Waals surface area contributed by atoms with Gasteiger partial charge in [0.05, 0.1) is 5.60 Å². The van der Waals surface area contributed by atoms with Crippen molar-refractivity contribution in [1.82, 2.24) is 0 Å². The summed E-state index contributed by atoms with van der Waals surface area (Å²) in [4.78, 5) is 44.9. The first-order chi connectivity index (χ1) is 45.9. The fraction of sp³-hybridized carbons (Fsp3) is 0.906. The van der Waals surface area contributed by atoms with E-state index >= 15 is 0 Å². The Kier molecular flexibility index (Phi) is 35.9. The SMILES string of the molecule is CC#CC#CC(=O)OC1CC(C)C1.CC12CC3CC(C1)CC(CO)(C3)C2.CC1CC(CCO)C1.CC1CCCC(C(C)CCO)C1.CC1CCCC1C(C)(C)O.CCC(=O)OC1CCCC1C.CCCC(=O)OC12CC3CC(CC(C)(C3)C1)C2.CCCC(=O)OC1CCCC(C)C1.[HH].[HH].[HH].[HH]. The molecular weight excluding hydrogens is 1210 g/mol. The fourth-order valence-corrected chi connectivity index (χ4v) is 21.2. The van der Waals surface area contributed by atoms with Crippen LogP contribution in [0.25, 0.3) is 0 Å².